The lowest BCUT2D eigenvalue weighted by Gasteiger charge is -2.46. The van der Waals surface area contributed by atoms with Gasteiger partial charge in [0.15, 0.2) is 0 Å². The first-order valence-electron chi connectivity index (χ1n) is 7.33. The van der Waals surface area contributed by atoms with Crippen LogP contribution in [0.25, 0.3) is 0 Å². The lowest BCUT2D eigenvalue weighted by atomic mass is 9.86. The van der Waals surface area contributed by atoms with Crippen molar-refractivity contribution in [2.75, 3.05) is 13.1 Å². The Bertz CT molecular complexity index is 262. The van der Waals surface area contributed by atoms with E-state index < -0.39 is 0 Å². The molecule has 0 radical (unpaired) electrons. The lowest BCUT2D eigenvalue weighted by molar-refractivity contribution is -0.168. The van der Waals surface area contributed by atoms with Crippen LogP contribution in [-0.2, 0) is 4.74 Å². The van der Waals surface area contributed by atoms with Crippen molar-refractivity contribution in [2.24, 2.45) is 11.8 Å². The van der Waals surface area contributed by atoms with Crippen LogP contribution in [0.15, 0.2) is 0 Å². The summed E-state index contributed by atoms with van der Waals surface area (Å²) in [6, 6.07) is 0. The molecular weight excluding hydrogens is 210 g/mol. The van der Waals surface area contributed by atoms with Crippen molar-refractivity contribution in [2.45, 2.75) is 71.0 Å². The Morgan fingerprint density at radius 2 is 1.88 bits per heavy atom. The quantitative estimate of drug-likeness (QED) is 0.757. The molecule has 1 aliphatic carbocycles. The van der Waals surface area contributed by atoms with Gasteiger partial charge in [-0.25, -0.2) is 0 Å². The fraction of sp³-hybridized carbons (Fsp3) is 1.00. The zero-order valence-corrected chi connectivity index (χ0v) is 12.0. The van der Waals surface area contributed by atoms with Gasteiger partial charge in [0.2, 0.25) is 0 Å². The van der Waals surface area contributed by atoms with Gasteiger partial charge in [0, 0.05) is 13.1 Å². The predicted octanol–water partition coefficient (Wildman–Crippen LogP) is 3.36. The number of morpholine rings is 1. The molecule has 2 aliphatic rings. The fourth-order valence-corrected chi connectivity index (χ4v) is 3.60. The lowest BCUT2D eigenvalue weighted by Crippen LogP contribution is -2.57. The van der Waals surface area contributed by atoms with Gasteiger partial charge in [-0.2, -0.15) is 0 Å². The molecule has 1 saturated heterocycles. The van der Waals surface area contributed by atoms with Crippen LogP contribution < -0.4 is 5.32 Å². The van der Waals surface area contributed by atoms with Crippen molar-refractivity contribution in [3.63, 3.8) is 0 Å². The van der Waals surface area contributed by atoms with E-state index in [4.69, 9.17) is 4.74 Å². The molecule has 0 aromatic carbocycles. The standard InChI is InChI=1S/C15H29NO/c1-12(2)13-6-5-8-15(9-7-13)11-16-10-14(3,4)17-15/h12-13,16H,5-11H2,1-4H3. The van der Waals surface area contributed by atoms with E-state index in [2.05, 4.69) is 33.0 Å². The molecule has 2 rings (SSSR count). The second-order valence-electron chi connectivity index (χ2n) is 7.08. The number of hydrogen-bond donors (Lipinski definition) is 1. The summed E-state index contributed by atoms with van der Waals surface area (Å²) in [6.07, 6.45) is 6.55. The van der Waals surface area contributed by atoms with E-state index in [0.29, 0.717) is 0 Å². The van der Waals surface area contributed by atoms with Crippen molar-refractivity contribution in [1.29, 1.82) is 0 Å². The van der Waals surface area contributed by atoms with Crippen LogP contribution >= 0.6 is 0 Å². The Balaban J connectivity index is 2.01. The molecule has 2 nitrogen and oxygen atoms in total. The normalized spacial score (nSPS) is 38.3. The first-order chi connectivity index (χ1) is 7.93. The van der Waals surface area contributed by atoms with Crippen molar-refractivity contribution in [3.8, 4) is 0 Å². The van der Waals surface area contributed by atoms with E-state index in [1.54, 1.807) is 0 Å². The molecule has 1 aliphatic heterocycles. The summed E-state index contributed by atoms with van der Waals surface area (Å²) < 4.78 is 6.45. The molecule has 1 spiro atoms. The van der Waals surface area contributed by atoms with E-state index >= 15 is 0 Å². The zero-order chi connectivity index (χ0) is 12.5. The number of nitrogens with one attached hydrogen (secondary N) is 1. The van der Waals surface area contributed by atoms with Gasteiger partial charge in [-0.3, -0.25) is 0 Å². The van der Waals surface area contributed by atoms with Crippen LogP contribution in [-0.4, -0.2) is 24.3 Å². The van der Waals surface area contributed by atoms with Crippen molar-refractivity contribution >= 4 is 0 Å². The summed E-state index contributed by atoms with van der Waals surface area (Å²) in [5.74, 6) is 1.73. The van der Waals surface area contributed by atoms with E-state index in [9.17, 15) is 0 Å². The molecule has 17 heavy (non-hydrogen) atoms. The second kappa shape index (κ2) is 4.89. The van der Waals surface area contributed by atoms with Gasteiger partial charge in [-0.15, -0.1) is 0 Å². The van der Waals surface area contributed by atoms with Crippen molar-refractivity contribution in [3.05, 3.63) is 0 Å². The van der Waals surface area contributed by atoms with Gasteiger partial charge in [0.1, 0.15) is 0 Å². The van der Waals surface area contributed by atoms with Crippen LogP contribution in [0.5, 0.6) is 0 Å². The first-order valence-corrected chi connectivity index (χ1v) is 7.33. The number of rotatable bonds is 1. The first kappa shape index (κ1) is 13.4. The monoisotopic (exact) mass is 239 g/mol. The molecule has 0 aromatic rings. The van der Waals surface area contributed by atoms with Crippen LogP contribution in [0, 0.1) is 11.8 Å². The van der Waals surface area contributed by atoms with Crippen molar-refractivity contribution < 1.29 is 4.74 Å². The molecule has 2 heteroatoms. The van der Waals surface area contributed by atoms with Gasteiger partial charge in [-0.1, -0.05) is 26.7 Å². The fourth-order valence-electron chi connectivity index (χ4n) is 3.60. The highest BCUT2D eigenvalue weighted by Crippen LogP contribution is 2.39. The summed E-state index contributed by atoms with van der Waals surface area (Å²) in [6.45, 7) is 11.2. The molecule has 2 unspecified atom stereocenters. The second-order valence-corrected chi connectivity index (χ2v) is 7.08. The third-order valence-electron chi connectivity index (χ3n) is 4.61. The highest BCUT2D eigenvalue weighted by Gasteiger charge is 2.41. The molecule has 1 N–H and O–H groups in total. The van der Waals surface area contributed by atoms with Gasteiger partial charge in [0.05, 0.1) is 11.2 Å². The maximum Gasteiger partial charge on any atom is 0.0814 e. The summed E-state index contributed by atoms with van der Waals surface area (Å²) in [5, 5.41) is 3.58. The van der Waals surface area contributed by atoms with Crippen LogP contribution in [0.4, 0.5) is 0 Å². The minimum absolute atomic E-state index is 0.00984. The summed E-state index contributed by atoms with van der Waals surface area (Å²) in [4.78, 5) is 0. The molecule has 0 bridgehead atoms. The van der Waals surface area contributed by atoms with Gasteiger partial charge >= 0.3 is 0 Å². The largest absolute Gasteiger partial charge is 0.366 e. The third-order valence-corrected chi connectivity index (χ3v) is 4.61. The summed E-state index contributed by atoms with van der Waals surface area (Å²) in [5.41, 5.74) is 0.140. The van der Waals surface area contributed by atoms with E-state index in [0.717, 1.165) is 24.9 Å². The Kier molecular flexibility index (Phi) is 3.84. The number of hydrogen-bond acceptors (Lipinski definition) is 2. The van der Waals surface area contributed by atoms with Crippen LogP contribution in [0.2, 0.25) is 0 Å². The Labute approximate surface area is 107 Å². The SMILES string of the molecule is CC(C)C1CCCC2(CC1)CNCC(C)(C)O2. The maximum absolute atomic E-state index is 6.45. The highest BCUT2D eigenvalue weighted by molar-refractivity contribution is 4.94. The summed E-state index contributed by atoms with van der Waals surface area (Å²) in [7, 11) is 0. The van der Waals surface area contributed by atoms with Crippen LogP contribution in [0.3, 0.4) is 0 Å². The molecule has 0 aromatic heterocycles. The van der Waals surface area contributed by atoms with E-state index in [1.807, 2.05) is 0 Å². The molecule has 100 valence electrons. The molecule has 2 fully saturated rings. The topological polar surface area (TPSA) is 21.3 Å². The highest BCUT2D eigenvalue weighted by atomic mass is 16.5. The third kappa shape index (κ3) is 3.23. The summed E-state index contributed by atoms with van der Waals surface area (Å²) >= 11 is 0. The zero-order valence-electron chi connectivity index (χ0n) is 12.0. The molecule has 1 heterocycles. The molecule has 1 saturated carbocycles. The minimum atomic E-state index is 0.00984. The minimum Gasteiger partial charge on any atom is -0.366 e. The predicted molar refractivity (Wildman–Crippen MR) is 72.2 cm³/mol. The molecule has 2 atom stereocenters. The van der Waals surface area contributed by atoms with Crippen molar-refractivity contribution in [1.82, 2.24) is 5.32 Å². The molecular formula is C15H29NO. The smallest absolute Gasteiger partial charge is 0.0814 e. The van der Waals surface area contributed by atoms with Gasteiger partial charge < -0.3 is 10.1 Å². The maximum atomic E-state index is 6.45. The average Bonchev–Trinajstić information content (AvgIpc) is 2.39. The Morgan fingerprint density at radius 1 is 1.12 bits per heavy atom. The van der Waals surface area contributed by atoms with E-state index in [1.165, 1.54) is 32.1 Å². The Morgan fingerprint density at radius 3 is 2.53 bits per heavy atom. The van der Waals surface area contributed by atoms with Crippen LogP contribution in [0.1, 0.15) is 59.8 Å². The molecule has 0 amide bonds. The van der Waals surface area contributed by atoms with Gasteiger partial charge in [0.25, 0.3) is 0 Å². The average molecular weight is 239 g/mol. The van der Waals surface area contributed by atoms with E-state index in [-0.39, 0.29) is 11.2 Å². The van der Waals surface area contributed by atoms with Gasteiger partial charge in [-0.05, 0) is 44.9 Å². The number of ether oxygens (including phenoxy) is 1. The Hall–Kier alpha value is -0.0800.